The van der Waals surface area contributed by atoms with Gasteiger partial charge < -0.3 is 14.9 Å². The average molecular weight is 253 g/mol. The molecule has 1 aromatic carbocycles. The highest BCUT2D eigenvalue weighted by molar-refractivity contribution is 5.18. The third-order valence-electron chi connectivity index (χ3n) is 3.02. The minimum Gasteiger partial charge on any atom is -0.387 e. The fourth-order valence-corrected chi connectivity index (χ4v) is 1.82. The van der Waals surface area contributed by atoms with Crippen molar-refractivity contribution >= 4 is 0 Å². The number of hydrogen-bond acceptors (Lipinski definition) is 4. The number of aliphatic hydroxyl groups excluding tert-OH is 2. The van der Waals surface area contributed by atoms with Crippen molar-refractivity contribution in [3.63, 3.8) is 0 Å². The van der Waals surface area contributed by atoms with Crippen LogP contribution in [0.2, 0.25) is 0 Å². The van der Waals surface area contributed by atoms with E-state index >= 15 is 0 Å². The molecule has 2 unspecified atom stereocenters. The number of rotatable bonds is 7. The number of methoxy groups -OCH3 is 1. The van der Waals surface area contributed by atoms with E-state index in [0.29, 0.717) is 6.61 Å². The second-order valence-corrected chi connectivity index (χ2v) is 4.69. The van der Waals surface area contributed by atoms with Crippen LogP contribution in [0.4, 0.5) is 0 Å². The fourth-order valence-electron chi connectivity index (χ4n) is 1.82. The summed E-state index contributed by atoms with van der Waals surface area (Å²) in [7, 11) is 1.60. The highest BCUT2D eigenvalue weighted by Crippen LogP contribution is 2.17. The number of ether oxygens (including phenoxy) is 1. The predicted octanol–water partition coefficient (Wildman–Crippen LogP) is 1.30. The molecule has 0 bridgehead atoms. The van der Waals surface area contributed by atoms with Crippen LogP contribution in [0.1, 0.15) is 25.5 Å². The molecule has 0 radical (unpaired) electrons. The Morgan fingerprint density at radius 1 is 1.17 bits per heavy atom. The molecule has 0 amide bonds. The van der Waals surface area contributed by atoms with Crippen molar-refractivity contribution in [1.82, 2.24) is 5.32 Å². The molecular formula is C14H23NO3. The Kier molecular flexibility index (Phi) is 6.29. The molecule has 0 saturated carbocycles. The summed E-state index contributed by atoms with van der Waals surface area (Å²) in [6, 6.07) is 9.18. The Morgan fingerprint density at radius 2 is 1.78 bits per heavy atom. The second kappa shape index (κ2) is 7.48. The molecule has 4 nitrogen and oxygen atoms in total. The molecule has 0 heterocycles. The van der Waals surface area contributed by atoms with E-state index in [0.717, 1.165) is 5.56 Å². The SMILES string of the molecule is COCC(C)C(O)N[C@H](C)[C@@H](O)c1ccccc1. The lowest BCUT2D eigenvalue weighted by atomic mass is 10.0. The van der Waals surface area contributed by atoms with Crippen molar-refractivity contribution in [2.75, 3.05) is 13.7 Å². The van der Waals surface area contributed by atoms with E-state index in [-0.39, 0.29) is 12.0 Å². The van der Waals surface area contributed by atoms with Crippen molar-refractivity contribution in [3.05, 3.63) is 35.9 Å². The third-order valence-corrected chi connectivity index (χ3v) is 3.02. The van der Waals surface area contributed by atoms with E-state index in [1.165, 1.54) is 0 Å². The van der Waals surface area contributed by atoms with Crippen LogP contribution >= 0.6 is 0 Å². The Hall–Kier alpha value is -0.940. The molecule has 1 aromatic rings. The minimum atomic E-state index is -0.696. The number of benzene rings is 1. The van der Waals surface area contributed by atoms with E-state index < -0.39 is 12.3 Å². The molecule has 0 saturated heterocycles. The predicted molar refractivity (Wildman–Crippen MR) is 71.0 cm³/mol. The molecule has 0 aliphatic rings. The first kappa shape index (κ1) is 15.1. The molecule has 4 heteroatoms. The maximum absolute atomic E-state index is 10.1. The lowest BCUT2D eigenvalue weighted by Gasteiger charge is -2.27. The Morgan fingerprint density at radius 3 is 2.33 bits per heavy atom. The van der Waals surface area contributed by atoms with Gasteiger partial charge in [0.05, 0.1) is 12.7 Å². The van der Waals surface area contributed by atoms with Crippen molar-refractivity contribution in [2.45, 2.75) is 32.2 Å². The van der Waals surface area contributed by atoms with Gasteiger partial charge in [-0.3, -0.25) is 5.32 Å². The first-order chi connectivity index (χ1) is 8.56. The van der Waals surface area contributed by atoms with Crippen LogP contribution in [0.25, 0.3) is 0 Å². The van der Waals surface area contributed by atoms with Crippen LogP contribution in [0.3, 0.4) is 0 Å². The van der Waals surface area contributed by atoms with E-state index in [1.807, 2.05) is 44.2 Å². The van der Waals surface area contributed by atoms with Crippen LogP contribution in [0, 0.1) is 5.92 Å². The molecule has 1 rings (SSSR count). The summed E-state index contributed by atoms with van der Waals surface area (Å²) in [4.78, 5) is 0. The van der Waals surface area contributed by atoms with Crippen LogP contribution in [0.15, 0.2) is 30.3 Å². The summed E-state index contributed by atoms with van der Waals surface area (Å²) < 4.78 is 4.99. The zero-order chi connectivity index (χ0) is 13.5. The van der Waals surface area contributed by atoms with E-state index in [2.05, 4.69) is 5.32 Å². The summed E-state index contributed by atoms with van der Waals surface area (Å²) >= 11 is 0. The molecule has 18 heavy (non-hydrogen) atoms. The third kappa shape index (κ3) is 4.38. The molecule has 0 spiro atoms. The first-order valence-electron chi connectivity index (χ1n) is 6.22. The Balaban J connectivity index is 2.52. The van der Waals surface area contributed by atoms with Gasteiger partial charge in [-0.1, -0.05) is 37.3 Å². The first-order valence-corrected chi connectivity index (χ1v) is 6.22. The van der Waals surface area contributed by atoms with Gasteiger partial charge in [0, 0.05) is 19.1 Å². The van der Waals surface area contributed by atoms with Crippen molar-refractivity contribution in [1.29, 1.82) is 0 Å². The average Bonchev–Trinajstić information content (AvgIpc) is 2.39. The van der Waals surface area contributed by atoms with Gasteiger partial charge in [0.1, 0.15) is 6.23 Å². The van der Waals surface area contributed by atoms with Crippen molar-refractivity contribution in [2.24, 2.45) is 5.92 Å². The molecule has 0 aliphatic heterocycles. The number of hydrogen-bond donors (Lipinski definition) is 3. The summed E-state index contributed by atoms with van der Waals surface area (Å²) in [6.45, 7) is 4.21. The topological polar surface area (TPSA) is 61.7 Å². The minimum absolute atomic E-state index is 0.0274. The molecule has 102 valence electrons. The monoisotopic (exact) mass is 253 g/mol. The van der Waals surface area contributed by atoms with Gasteiger partial charge in [-0.2, -0.15) is 0 Å². The van der Waals surface area contributed by atoms with Gasteiger partial charge in [0.15, 0.2) is 0 Å². The van der Waals surface area contributed by atoms with Gasteiger partial charge in [0.25, 0.3) is 0 Å². The van der Waals surface area contributed by atoms with Crippen molar-refractivity contribution < 1.29 is 14.9 Å². The summed E-state index contributed by atoms with van der Waals surface area (Å²) in [5.74, 6) is -0.0274. The van der Waals surface area contributed by atoms with Crippen LogP contribution in [-0.2, 0) is 4.74 Å². The van der Waals surface area contributed by atoms with E-state index in [9.17, 15) is 10.2 Å². The van der Waals surface area contributed by atoms with Gasteiger partial charge in [-0.05, 0) is 12.5 Å². The maximum Gasteiger partial charge on any atom is 0.110 e. The van der Waals surface area contributed by atoms with Gasteiger partial charge in [-0.25, -0.2) is 0 Å². The lowest BCUT2D eigenvalue weighted by molar-refractivity contribution is 0.0109. The van der Waals surface area contributed by atoms with Gasteiger partial charge in [0.2, 0.25) is 0 Å². The lowest BCUT2D eigenvalue weighted by Crippen LogP contribution is -2.44. The number of aliphatic hydroxyl groups is 2. The smallest absolute Gasteiger partial charge is 0.110 e. The largest absolute Gasteiger partial charge is 0.387 e. The molecular weight excluding hydrogens is 230 g/mol. The molecule has 0 fully saturated rings. The fraction of sp³-hybridized carbons (Fsp3) is 0.571. The van der Waals surface area contributed by atoms with Gasteiger partial charge in [-0.15, -0.1) is 0 Å². The summed E-state index contributed by atoms with van der Waals surface area (Å²) in [6.07, 6.45) is -1.34. The standard InChI is InChI=1S/C14H23NO3/c1-10(9-18-3)14(17)15-11(2)13(16)12-7-5-4-6-8-12/h4-8,10-11,13-17H,9H2,1-3H3/t10?,11-,13-,14?/m1/s1. The zero-order valence-electron chi connectivity index (χ0n) is 11.2. The Bertz CT molecular complexity index is 331. The molecule has 0 aromatic heterocycles. The normalized spacial score (nSPS) is 18.1. The zero-order valence-corrected chi connectivity index (χ0v) is 11.2. The Labute approximate surface area is 109 Å². The highest BCUT2D eigenvalue weighted by Gasteiger charge is 2.21. The second-order valence-electron chi connectivity index (χ2n) is 4.69. The van der Waals surface area contributed by atoms with Crippen LogP contribution in [-0.4, -0.2) is 36.2 Å². The van der Waals surface area contributed by atoms with Crippen LogP contribution < -0.4 is 5.32 Å². The molecule has 4 atom stereocenters. The maximum atomic E-state index is 10.1. The quantitative estimate of drug-likeness (QED) is 0.641. The summed E-state index contributed by atoms with van der Waals surface area (Å²) in [5, 5.41) is 23.0. The number of nitrogens with one attached hydrogen (secondary N) is 1. The van der Waals surface area contributed by atoms with E-state index in [4.69, 9.17) is 4.74 Å². The molecule has 0 aliphatic carbocycles. The van der Waals surface area contributed by atoms with E-state index in [1.54, 1.807) is 7.11 Å². The van der Waals surface area contributed by atoms with Crippen molar-refractivity contribution in [3.8, 4) is 0 Å². The van der Waals surface area contributed by atoms with Crippen LogP contribution in [0.5, 0.6) is 0 Å². The summed E-state index contributed by atoms with van der Waals surface area (Å²) in [5.41, 5.74) is 0.837. The van der Waals surface area contributed by atoms with Gasteiger partial charge >= 0.3 is 0 Å². The molecule has 3 N–H and O–H groups in total. The highest BCUT2D eigenvalue weighted by atomic mass is 16.5.